The lowest BCUT2D eigenvalue weighted by atomic mass is 10.1. The van der Waals surface area contributed by atoms with E-state index >= 15 is 0 Å². The van der Waals surface area contributed by atoms with E-state index in [0.29, 0.717) is 10.8 Å². The van der Waals surface area contributed by atoms with Crippen LogP contribution in [0.4, 0.5) is 5.82 Å². The first-order valence-electron chi connectivity index (χ1n) is 6.11. The maximum Gasteiger partial charge on any atom is 0.228 e. The third kappa shape index (κ3) is 2.47. The molecule has 0 spiro atoms. The SMILES string of the molecule is Cc1cc2cc(NC(=O)C3CC3)ncc2c(Cl)c1Br. The first-order valence-corrected chi connectivity index (χ1v) is 7.28. The van der Waals surface area contributed by atoms with Crippen molar-refractivity contribution in [1.82, 2.24) is 4.98 Å². The van der Waals surface area contributed by atoms with E-state index in [-0.39, 0.29) is 11.8 Å². The van der Waals surface area contributed by atoms with Gasteiger partial charge in [-0.15, -0.1) is 0 Å². The van der Waals surface area contributed by atoms with Gasteiger partial charge in [0.1, 0.15) is 5.82 Å². The van der Waals surface area contributed by atoms with Gasteiger partial charge in [-0.05, 0) is 52.7 Å². The van der Waals surface area contributed by atoms with Gasteiger partial charge in [-0.2, -0.15) is 0 Å². The molecule has 0 aliphatic heterocycles. The fraction of sp³-hybridized carbons (Fsp3) is 0.286. The van der Waals surface area contributed by atoms with Gasteiger partial charge in [0, 0.05) is 22.0 Å². The second kappa shape index (κ2) is 4.76. The molecule has 19 heavy (non-hydrogen) atoms. The second-order valence-electron chi connectivity index (χ2n) is 4.88. The minimum atomic E-state index is 0.0618. The van der Waals surface area contributed by atoms with E-state index in [0.717, 1.165) is 33.7 Å². The number of hydrogen-bond donors (Lipinski definition) is 1. The molecule has 0 atom stereocenters. The Morgan fingerprint density at radius 3 is 2.89 bits per heavy atom. The molecule has 0 bridgehead atoms. The molecule has 1 fully saturated rings. The van der Waals surface area contributed by atoms with Crippen LogP contribution in [0.15, 0.2) is 22.8 Å². The van der Waals surface area contributed by atoms with Crippen LogP contribution in [0.25, 0.3) is 10.8 Å². The molecule has 1 aliphatic rings. The van der Waals surface area contributed by atoms with Gasteiger partial charge in [-0.25, -0.2) is 4.98 Å². The summed E-state index contributed by atoms with van der Waals surface area (Å²) in [6.45, 7) is 1.98. The van der Waals surface area contributed by atoms with Crippen molar-refractivity contribution in [3.8, 4) is 0 Å². The number of aryl methyl sites for hydroxylation is 1. The van der Waals surface area contributed by atoms with Crippen molar-refractivity contribution in [3.63, 3.8) is 0 Å². The predicted octanol–water partition coefficient (Wildman–Crippen LogP) is 4.31. The Morgan fingerprint density at radius 1 is 1.47 bits per heavy atom. The van der Waals surface area contributed by atoms with Crippen molar-refractivity contribution in [2.45, 2.75) is 19.8 Å². The van der Waals surface area contributed by atoms with Gasteiger partial charge >= 0.3 is 0 Å². The third-order valence-electron chi connectivity index (χ3n) is 3.28. The van der Waals surface area contributed by atoms with Crippen LogP contribution < -0.4 is 5.32 Å². The van der Waals surface area contributed by atoms with E-state index in [4.69, 9.17) is 11.6 Å². The van der Waals surface area contributed by atoms with Crippen LogP contribution in [0.1, 0.15) is 18.4 Å². The molecule has 0 saturated heterocycles. The van der Waals surface area contributed by atoms with Gasteiger partial charge in [0.15, 0.2) is 0 Å². The average Bonchev–Trinajstić information content (AvgIpc) is 3.20. The van der Waals surface area contributed by atoms with Crippen molar-refractivity contribution >= 4 is 50.0 Å². The maximum atomic E-state index is 11.7. The number of carbonyl (C=O) groups is 1. The van der Waals surface area contributed by atoms with Crippen molar-refractivity contribution in [2.75, 3.05) is 5.32 Å². The Morgan fingerprint density at radius 2 is 2.21 bits per heavy atom. The molecule has 3 nitrogen and oxygen atoms in total. The zero-order chi connectivity index (χ0) is 13.6. The Hall–Kier alpha value is -1.13. The van der Waals surface area contributed by atoms with Gasteiger partial charge in [-0.1, -0.05) is 17.7 Å². The minimum absolute atomic E-state index is 0.0618. The molecule has 1 aromatic carbocycles. The molecule has 3 rings (SSSR count). The van der Waals surface area contributed by atoms with Crippen molar-refractivity contribution in [2.24, 2.45) is 5.92 Å². The molecule has 1 aliphatic carbocycles. The largest absolute Gasteiger partial charge is 0.310 e. The lowest BCUT2D eigenvalue weighted by Gasteiger charge is -2.08. The smallest absolute Gasteiger partial charge is 0.228 e. The van der Waals surface area contributed by atoms with Crippen LogP contribution in [0, 0.1) is 12.8 Å². The molecule has 0 radical (unpaired) electrons. The normalized spacial score (nSPS) is 14.7. The quantitative estimate of drug-likeness (QED) is 0.886. The molecule has 1 aromatic heterocycles. The third-order valence-corrected chi connectivity index (χ3v) is 4.93. The van der Waals surface area contributed by atoms with Gasteiger partial charge in [0.2, 0.25) is 5.91 Å². The molecular formula is C14H12BrClN2O. The number of aromatic nitrogens is 1. The summed E-state index contributed by atoms with van der Waals surface area (Å²) >= 11 is 9.73. The molecule has 98 valence electrons. The van der Waals surface area contributed by atoms with Crippen molar-refractivity contribution in [3.05, 3.63) is 33.4 Å². The monoisotopic (exact) mass is 338 g/mol. The predicted molar refractivity (Wildman–Crippen MR) is 80.5 cm³/mol. The van der Waals surface area contributed by atoms with Gasteiger partial charge < -0.3 is 5.32 Å². The summed E-state index contributed by atoms with van der Waals surface area (Å²) in [7, 11) is 0. The highest BCUT2D eigenvalue weighted by Gasteiger charge is 2.29. The standard InChI is InChI=1S/C14H12BrClN2O/c1-7-4-9-5-11(18-14(19)8-2-3-8)17-6-10(9)13(16)12(7)15/h4-6,8H,2-3H2,1H3,(H,17,18,19). The van der Waals surface area contributed by atoms with Crippen LogP contribution in [0.2, 0.25) is 5.02 Å². The zero-order valence-corrected chi connectivity index (χ0v) is 12.7. The van der Waals surface area contributed by atoms with E-state index in [2.05, 4.69) is 26.2 Å². The van der Waals surface area contributed by atoms with Crippen LogP contribution >= 0.6 is 27.5 Å². The Balaban J connectivity index is 2.00. The van der Waals surface area contributed by atoms with Crippen molar-refractivity contribution in [1.29, 1.82) is 0 Å². The average molecular weight is 340 g/mol. The number of pyridine rings is 1. The summed E-state index contributed by atoms with van der Waals surface area (Å²) in [6, 6.07) is 3.89. The highest BCUT2D eigenvalue weighted by atomic mass is 79.9. The van der Waals surface area contributed by atoms with E-state index < -0.39 is 0 Å². The van der Waals surface area contributed by atoms with Crippen LogP contribution in [0.5, 0.6) is 0 Å². The molecule has 1 N–H and O–H groups in total. The van der Waals surface area contributed by atoms with Crippen LogP contribution in [-0.4, -0.2) is 10.9 Å². The number of nitrogens with zero attached hydrogens (tertiary/aromatic N) is 1. The number of nitrogens with one attached hydrogen (secondary N) is 1. The maximum absolute atomic E-state index is 11.7. The van der Waals surface area contributed by atoms with E-state index in [1.807, 2.05) is 19.1 Å². The Labute approximate surface area is 124 Å². The molecule has 2 aromatic rings. The summed E-state index contributed by atoms with van der Waals surface area (Å²) < 4.78 is 0.887. The Bertz CT molecular complexity index is 683. The number of amides is 1. The summed E-state index contributed by atoms with van der Waals surface area (Å²) in [5.41, 5.74) is 1.06. The number of anilines is 1. The van der Waals surface area contributed by atoms with E-state index in [1.165, 1.54) is 0 Å². The lowest BCUT2D eigenvalue weighted by molar-refractivity contribution is -0.117. The summed E-state index contributed by atoms with van der Waals surface area (Å²) in [4.78, 5) is 16.0. The lowest BCUT2D eigenvalue weighted by Crippen LogP contribution is -2.14. The van der Waals surface area contributed by atoms with Crippen LogP contribution in [0.3, 0.4) is 0 Å². The number of halogens is 2. The highest BCUT2D eigenvalue weighted by molar-refractivity contribution is 9.10. The van der Waals surface area contributed by atoms with E-state index in [1.54, 1.807) is 6.20 Å². The first kappa shape index (κ1) is 12.9. The van der Waals surface area contributed by atoms with Gasteiger partial charge in [0.25, 0.3) is 0 Å². The number of carbonyl (C=O) groups excluding carboxylic acids is 1. The topological polar surface area (TPSA) is 42.0 Å². The summed E-state index contributed by atoms with van der Waals surface area (Å²) in [6.07, 6.45) is 3.67. The molecule has 1 saturated carbocycles. The number of hydrogen-bond acceptors (Lipinski definition) is 2. The highest BCUT2D eigenvalue weighted by Crippen LogP contribution is 2.35. The second-order valence-corrected chi connectivity index (χ2v) is 6.05. The molecular weight excluding hydrogens is 328 g/mol. The van der Waals surface area contributed by atoms with Gasteiger partial charge in [0.05, 0.1) is 5.02 Å². The van der Waals surface area contributed by atoms with Crippen LogP contribution in [-0.2, 0) is 4.79 Å². The molecule has 5 heteroatoms. The number of rotatable bonds is 2. The van der Waals surface area contributed by atoms with Gasteiger partial charge in [-0.3, -0.25) is 4.79 Å². The Kier molecular flexibility index (Phi) is 3.23. The zero-order valence-electron chi connectivity index (χ0n) is 10.3. The summed E-state index contributed by atoms with van der Waals surface area (Å²) in [5, 5.41) is 5.36. The number of benzene rings is 1. The number of fused-ring (bicyclic) bond motifs is 1. The fourth-order valence-electron chi connectivity index (χ4n) is 2.00. The summed E-state index contributed by atoms with van der Waals surface area (Å²) in [5.74, 6) is 0.821. The molecule has 0 unspecified atom stereocenters. The minimum Gasteiger partial charge on any atom is -0.310 e. The molecule has 1 amide bonds. The van der Waals surface area contributed by atoms with E-state index in [9.17, 15) is 4.79 Å². The first-order chi connectivity index (χ1) is 9.06. The molecule has 1 heterocycles. The van der Waals surface area contributed by atoms with Crippen molar-refractivity contribution < 1.29 is 4.79 Å². The fourth-order valence-corrected chi connectivity index (χ4v) is 2.64.